The van der Waals surface area contributed by atoms with Crippen LogP contribution in [0.4, 0.5) is 17.2 Å². The molecule has 4 heterocycles. The number of nitrogens with zero attached hydrogens (tertiary/aromatic N) is 5. The van der Waals surface area contributed by atoms with Gasteiger partial charge in [0.15, 0.2) is 5.82 Å². The normalized spacial score (nSPS) is 18.4. The van der Waals surface area contributed by atoms with E-state index in [2.05, 4.69) is 32.6 Å². The summed E-state index contributed by atoms with van der Waals surface area (Å²) < 4.78 is 29.6. The quantitative estimate of drug-likeness (QED) is 0.400. The average Bonchev–Trinajstić information content (AvgIpc) is 3.74. The number of carbonyl (C=O) groups excluding carboxylic acids is 1. The first-order chi connectivity index (χ1) is 19.3. The Morgan fingerprint density at radius 1 is 0.875 bits per heavy atom. The monoisotopic (exact) mass is 554 g/mol. The number of likely N-dealkylation sites (N-methyl/N-ethyl adjacent to an activating group) is 2. The predicted molar refractivity (Wildman–Crippen MR) is 156 cm³/mol. The summed E-state index contributed by atoms with van der Waals surface area (Å²) in [4.78, 5) is 28.8. The maximum Gasteiger partial charge on any atom is 0.262 e. The fourth-order valence-electron chi connectivity index (χ4n) is 6.01. The smallest absolute Gasteiger partial charge is 0.262 e. The molecule has 0 bridgehead atoms. The van der Waals surface area contributed by atoms with Crippen LogP contribution in [0.3, 0.4) is 0 Å². The number of aromatic nitrogens is 2. The summed E-state index contributed by atoms with van der Waals surface area (Å²) in [7, 11) is 0.0695. The molecule has 0 unspecified atom stereocenters. The standard InChI is InChI=1S/C30H30N6O3S/c1-34-12-14-36(15-13-34)28-25(33-40(38,39)22-6-4-3-5-7-22)17-21(18-32-28)20-8-9-24-23(16-20)27-26(19-31-24)35(2)29(37)30(27)10-11-30/h3-9,16-19,33H,10-15H2,1-2H3. The Labute approximate surface area is 233 Å². The SMILES string of the molecule is CN1CCN(c2ncc(-c3ccc4ncc5c(c4c3)C3(CC3)C(=O)N5C)cc2NS(=O)(=O)c2ccccc2)CC1. The van der Waals surface area contributed by atoms with Gasteiger partial charge in [0.1, 0.15) is 0 Å². The topological polar surface area (TPSA) is 98.7 Å². The number of nitrogens with one attached hydrogen (secondary N) is 1. The Hall–Kier alpha value is -4.02. The van der Waals surface area contributed by atoms with Gasteiger partial charge in [0.05, 0.1) is 33.4 Å². The van der Waals surface area contributed by atoms with Gasteiger partial charge in [0.25, 0.3) is 10.0 Å². The van der Waals surface area contributed by atoms with Crippen molar-refractivity contribution >= 4 is 44.0 Å². The highest BCUT2D eigenvalue weighted by molar-refractivity contribution is 7.92. The summed E-state index contributed by atoms with van der Waals surface area (Å²) in [6.45, 7) is 3.23. The molecule has 2 aliphatic heterocycles. The molecule has 1 aliphatic carbocycles. The number of hydrogen-bond donors (Lipinski definition) is 1. The Morgan fingerprint density at radius 2 is 1.62 bits per heavy atom. The number of benzene rings is 2. The molecule has 2 aromatic heterocycles. The zero-order valence-corrected chi connectivity index (χ0v) is 23.3. The molecule has 3 aliphatic rings. The van der Waals surface area contributed by atoms with Crippen molar-refractivity contribution < 1.29 is 13.2 Å². The molecule has 10 heteroatoms. The number of pyridine rings is 2. The number of piperazine rings is 1. The lowest BCUT2D eigenvalue weighted by atomic mass is 9.92. The van der Waals surface area contributed by atoms with Crippen LogP contribution < -0.4 is 14.5 Å². The fraction of sp³-hybridized carbons (Fsp3) is 0.300. The van der Waals surface area contributed by atoms with Crippen LogP contribution in [0.5, 0.6) is 0 Å². The molecule has 1 N–H and O–H groups in total. The molecule has 40 heavy (non-hydrogen) atoms. The van der Waals surface area contributed by atoms with Gasteiger partial charge in [-0.1, -0.05) is 24.3 Å². The van der Waals surface area contributed by atoms with Crippen molar-refractivity contribution in [3.05, 3.63) is 72.6 Å². The Balaban J connectivity index is 1.33. The van der Waals surface area contributed by atoms with Crippen LogP contribution in [-0.4, -0.2) is 69.5 Å². The fourth-order valence-corrected chi connectivity index (χ4v) is 7.08. The minimum absolute atomic E-state index is 0.137. The number of sulfonamides is 1. The molecule has 1 spiro atoms. The molecule has 0 radical (unpaired) electrons. The third-order valence-corrected chi connectivity index (χ3v) is 9.83. The van der Waals surface area contributed by atoms with Gasteiger partial charge in [-0.3, -0.25) is 14.5 Å². The van der Waals surface area contributed by atoms with Crippen molar-refractivity contribution in [3.63, 3.8) is 0 Å². The van der Waals surface area contributed by atoms with E-state index in [0.717, 1.165) is 72.3 Å². The molecule has 1 saturated carbocycles. The zero-order chi connectivity index (χ0) is 27.6. The molecular formula is C30H30N6O3S. The Kier molecular flexibility index (Phi) is 5.62. The molecule has 2 fully saturated rings. The van der Waals surface area contributed by atoms with Gasteiger partial charge < -0.3 is 14.7 Å². The zero-order valence-electron chi connectivity index (χ0n) is 22.5. The molecule has 204 valence electrons. The minimum Gasteiger partial charge on any atom is -0.352 e. The van der Waals surface area contributed by atoms with E-state index < -0.39 is 15.4 Å². The first kappa shape index (κ1) is 25.0. The maximum atomic E-state index is 13.4. The van der Waals surface area contributed by atoms with E-state index in [4.69, 9.17) is 4.98 Å². The number of anilines is 3. The van der Waals surface area contributed by atoms with Crippen molar-refractivity contribution in [2.45, 2.75) is 23.2 Å². The van der Waals surface area contributed by atoms with Crippen molar-refractivity contribution in [2.75, 3.05) is 54.8 Å². The molecule has 9 nitrogen and oxygen atoms in total. The predicted octanol–water partition coefficient (Wildman–Crippen LogP) is 3.86. The second kappa shape index (κ2) is 9.00. The molecule has 1 amide bonds. The molecular weight excluding hydrogens is 524 g/mol. The first-order valence-corrected chi connectivity index (χ1v) is 15.0. The van der Waals surface area contributed by atoms with Crippen LogP contribution in [0.25, 0.3) is 22.0 Å². The highest BCUT2D eigenvalue weighted by atomic mass is 32.2. The van der Waals surface area contributed by atoms with Crippen molar-refractivity contribution in [1.82, 2.24) is 14.9 Å². The minimum atomic E-state index is -3.83. The van der Waals surface area contributed by atoms with E-state index >= 15 is 0 Å². The van der Waals surface area contributed by atoms with E-state index in [1.54, 1.807) is 47.6 Å². The van der Waals surface area contributed by atoms with Gasteiger partial charge in [-0.2, -0.15) is 0 Å². The van der Waals surface area contributed by atoms with Crippen LogP contribution in [0.1, 0.15) is 18.4 Å². The van der Waals surface area contributed by atoms with Gasteiger partial charge in [-0.25, -0.2) is 13.4 Å². The number of hydrogen-bond acceptors (Lipinski definition) is 7. The number of fused-ring (bicyclic) bond motifs is 4. The van der Waals surface area contributed by atoms with E-state index in [1.165, 1.54) is 0 Å². The van der Waals surface area contributed by atoms with Gasteiger partial charge in [-0.15, -0.1) is 0 Å². The second-order valence-electron chi connectivity index (χ2n) is 11.0. The van der Waals surface area contributed by atoms with Crippen molar-refractivity contribution in [3.8, 4) is 11.1 Å². The van der Waals surface area contributed by atoms with Crippen LogP contribution >= 0.6 is 0 Å². The van der Waals surface area contributed by atoms with Gasteiger partial charge in [0, 0.05) is 55.9 Å². The summed E-state index contributed by atoms with van der Waals surface area (Å²) >= 11 is 0. The first-order valence-electron chi connectivity index (χ1n) is 13.5. The van der Waals surface area contributed by atoms with Crippen molar-refractivity contribution in [1.29, 1.82) is 0 Å². The van der Waals surface area contributed by atoms with Crippen LogP contribution in [0.2, 0.25) is 0 Å². The van der Waals surface area contributed by atoms with E-state index in [1.807, 2.05) is 25.2 Å². The Bertz CT molecular complexity index is 1760. The van der Waals surface area contributed by atoms with Crippen molar-refractivity contribution in [2.24, 2.45) is 0 Å². The maximum absolute atomic E-state index is 13.4. The summed E-state index contributed by atoms with van der Waals surface area (Å²) in [5, 5.41) is 0.958. The lowest BCUT2D eigenvalue weighted by molar-refractivity contribution is -0.119. The average molecular weight is 555 g/mol. The number of rotatable bonds is 5. The number of carbonyl (C=O) groups is 1. The lowest BCUT2D eigenvalue weighted by Crippen LogP contribution is -2.45. The largest absolute Gasteiger partial charge is 0.352 e. The Morgan fingerprint density at radius 3 is 2.35 bits per heavy atom. The van der Waals surface area contributed by atoms with Crippen LogP contribution in [0.15, 0.2) is 71.9 Å². The van der Waals surface area contributed by atoms with Gasteiger partial charge in [0.2, 0.25) is 5.91 Å². The molecule has 7 rings (SSSR count). The van der Waals surface area contributed by atoms with Gasteiger partial charge >= 0.3 is 0 Å². The lowest BCUT2D eigenvalue weighted by Gasteiger charge is -2.34. The second-order valence-corrected chi connectivity index (χ2v) is 12.7. The van der Waals surface area contributed by atoms with Gasteiger partial charge in [-0.05, 0) is 55.8 Å². The number of amides is 1. The third-order valence-electron chi connectivity index (χ3n) is 8.45. The van der Waals surface area contributed by atoms with Crippen LogP contribution in [0, 0.1) is 0 Å². The molecule has 2 aromatic carbocycles. The third kappa shape index (κ3) is 3.93. The summed E-state index contributed by atoms with van der Waals surface area (Å²) in [5.74, 6) is 0.752. The highest BCUT2D eigenvalue weighted by Gasteiger charge is 2.59. The summed E-state index contributed by atoms with van der Waals surface area (Å²) in [5.41, 5.74) is 4.43. The summed E-state index contributed by atoms with van der Waals surface area (Å²) in [6, 6.07) is 16.2. The van der Waals surface area contributed by atoms with Crippen LogP contribution in [-0.2, 0) is 20.2 Å². The molecule has 4 aromatic rings. The molecule has 0 atom stereocenters. The highest BCUT2D eigenvalue weighted by Crippen LogP contribution is 2.58. The summed E-state index contributed by atoms with van der Waals surface area (Å²) in [6.07, 6.45) is 5.29. The van der Waals surface area contributed by atoms with E-state index in [-0.39, 0.29) is 10.8 Å². The molecule has 1 saturated heterocycles. The van der Waals surface area contributed by atoms with E-state index in [0.29, 0.717) is 11.5 Å². The van der Waals surface area contributed by atoms with E-state index in [9.17, 15) is 13.2 Å².